The maximum atomic E-state index is 9.67. The second-order valence-electron chi connectivity index (χ2n) is 33.0. The number of nitriles is 1. The van der Waals surface area contributed by atoms with E-state index in [0.717, 1.165) is 146 Å². The van der Waals surface area contributed by atoms with Crippen molar-refractivity contribution in [2.24, 2.45) is 0 Å². The first-order valence-electron chi connectivity index (χ1n) is 44.4. The molecule has 24 rings (SSSR count). The lowest BCUT2D eigenvalue weighted by molar-refractivity contribution is 1.18. The third kappa shape index (κ3) is 14.3. The van der Waals surface area contributed by atoms with Gasteiger partial charge in [-0.1, -0.05) is 243 Å². The van der Waals surface area contributed by atoms with Crippen LogP contribution in [0.3, 0.4) is 0 Å². The molecular weight excluding hydrogens is 1610 g/mol. The van der Waals surface area contributed by atoms with Crippen LogP contribution in [0, 0.1) is 17.9 Å². The van der Waals surface area contributed by atoms with E-state index in [-0.39, 0.29) is 0 Å². The van der Waals surface area contributed by atoms with Crippen molar-refractivity contribution in [2.75, 3.05) is 19.6 Å². The summed E-state index contributed by atoms with van der Waals surface area (Å²) in [4.78, 5) is 12.9. The molecule has 0 bridgehead atoms. The fourth-order valence-corrected chi connectivity index (χ4v) is 19.3. The van der Waals surface area contributed by atoms with Gasteiger partial charge in [0.2, 0.25) is 0 Å². The van der Waals surface area contributed by atoms with Crippen LogP contribution in [0.15, 0.2) is 497 Å². The first-order valence-corrected chi connectivity index (χ1v) is 44.4. The molecule has 0 fully saturated rings. The Bertz CT molecular complexity index is 7970. The second kappa shape index (κ2) is 33.9. The summed E-state index contributed by atoms with van der Waals surface area (Å²) in [6.07, 6.45) is 0. The minimum atomic E-state index is 0.600. The summed E-state index contributed by atoms with van der Waals surface area (Å²) < 4.78 is 9.39. The largest absolute Gasteiger partial charge is 0.311 e. The van der Waals surface area contributed by atoms with Crippen LogP contribution in [0.1, 0.15) is 5.56 Å². The van der Waals surface area contributed by atoms with E-state index in [4.69, 9.17) is 6.57 Å². The highest BCUT2D eigenvalue weighted by Gasteiger charge is 2.25. The number of fused-ring (bicyclic) bond motifs is 12. The Morgan fingerprint density at radius 3 is 0.606 bits per heavy atom. The first-order chi connectivity index (χ1) is 65.4. The molecule has 0 spiro atoms. The molecule has 10 nitrogen and oxygen atoms in total. The highest BCUT2D eigenvalue weighted by atomic mass is 15.2. The molecule has 0 saturated carbocycles. The number of hydrogen-bond donors (Lipinski definition) is 0. The van der Waals surface area contributed by atoms with Crippen LogP contribution in [0.2, 0.25) is 0 Å². The van der Waals surface area contributed by atoms with Crippen LogP contribution < -0.4 is 19.6 Å². The van der Waals surface area contributed by atoms with E-state index in [9.17, 15) is 5.26 Å². The normalized spacial score (nSPS) is 11.3. The number of anilines is 12. The number of nitrogens with zero attached hydrogens (tertiary/aromatic N) is 10. The van der Waals surface area contributed by atoms with Crippen molar-refractivity contribution in [3.63, 3.8) is 0 Å². The fourth-order valence-electron chi connectivity index (χ4n) is 19.3. The molecule has 4 aromatic heterocycles. The van der Waals surface area contributed by atoms with Crippen LogP contribution in [0.25, 0.3) is 137 Å². The van der Waals surface area contributed by atoms with Gasteiger partial charge in [0, 0.05) is 134 Å². The predicted molar refractivity (Wildman–Crippen MR) is 551 cm³/mol. The molecule has 0 atom stereocenters. The Kier molecular flexibility index (Phi) is 20.2. The van der Waals surface area contributed by atoms with Crippen LogP contribution >= 0.6 is 0 Å². The first kappa shape index (κ1) is 78.5. The molecule has 4 heterocycles. The summed E-state index contributed by atoms with van der Waals surface area (Å²) in [7, 11) is 0. The summed E-state index contributed by atoms with van der Waals surface area (Å²) in [6, 6.07) is 178. The topological polar surface area (TPSA) is 60.8 Å². The molecule has 132 heavy (non-hydrogen) atoms. The second-order valence-corrected chi connectivity index (χ2v) is 33.0. The van der Waals surface area contributed by atoms with Crippen molar-refractivity contribution in [3.8, 4) is 51.1 Å². The van der Waals surface area contributed by atoms with Gasteiger partial charge >= 0.3 is 0 Å². The SMILES string of the molecule is [C-]#[N+]c1ccc(N(c2ccc(-c3ccc(N(c4ccc(C#N)cc4)c4ccc5c(c4)c4ccccc4n5-c4ccccc4)cc3)cc2)c2ccc3c(c2)c2ccccc2n3-c2ccccc2)cc1.c1ccc(N(c2ccc(-c3ccc(N(c4ccccc4)c4ccc5c(c4)c4ccccc4n5-c4ccccc4)cc3)cc2)c2ccc3c(c2)c2ccccc2n3-c2ccccc2)cc1. The van der Waals surface area contributed by atoms with E-state index in [1.807, 2.05) is 54.6 Å². The van der Waals surface area contributed by atoms with E-state index >= 15 is 0 Å². The molecule has 0 saturated heterocycles. The average molecular weight is 1690 g/mol. The Labute approximate surface area is 764 Å². The van der Waals surface area contributed by atoms with Crippen molar-refractivity contribution in [1.29, 1.82) is 5.26 Å². The van der Waals surface area contributed by atoms with E-state index in [0.29, 0.717) is 11.3 Å². The zero-order chi connectivity index (χ0) is 88.0. The molecule has 0 amide bonds. The van der Waals surface area contributed by atoms with Crippen molar-refractivity contribution in [3.05, 3.63) is 514 Å². The number of rotatable bonds is 18. The third-order valence-corrected chi connectivity index (χ3v) is 25.4. The summed E-state index contributed by atoms with van der Waals surface area (Å²) in [5.41, 5.74) is 32.2. The van der Waals surface area contributed by atoms with E-state index in [1.165, 1.54) is 54.4 Å². The van der Waals surface area contributed by atoms with E-state index in [2.05, 4.69) is 492 Å². The smallest absolute Gasteiger partial charge is 0.187 e. The number of aromatic nitrogens is 4. The highest BCUT2D eigenvalue weighted by molar-refractivity contribution is 6.15. The maximum absolute atomic E-state index is 9.67. The zero-order valence-electron chi connectivity index (χ0n) is 71.8. The van der Waals surface area contributed by atoms with Crippen LogP contribution in [0.4, 0.5) is 73.9 Å². The Morgan fingerprint density at radius 1 is 0.182 bits per heavy atom. The molecule has 620 valence electrons. The van der Waals surface area contributed by atoms with E-state index < -0.39 is 0 Å². The monoisotopic (exact) mass is 1690 g/mol. The lowest BCUT2D eigenvalue weighted by atomic mass is 10.0. The zero-order valence-corrected chi connectivity index (χ0v) is 71.8. The minimum Gasteiger partial charge on any atom is -0.311 e. The van der Waals surface area contributed by atoms with Gasteiger partial charge in [0.1, 0.15) is 0 Å². The lowest BCUT2D eigenvalue weighted by Gasteiger charge is -2.26. The molecule has 0 aliphatic rings. The molecule has 0 aliphatic carbocycles. The fraction of sp³-hybridized carbons (Fsp3) is 0. The van der Waals surface area contributed by atoms with Gasteiger partial charge in [-0.2, -0.15) is 5.26 Å². The van der Waals surface area contributed by atoms with Gasteiger partial charge < -0.3 is 37.9 Å². The van der Waals surface area contributed by atoms with Gasteiger partial charge in [-0.15, -0.1) is 0 Å². The van der Waals surface area contributed by atoms with E-state index in [1.54, 1.807) is 0 Å². The highest BCUT2D eigenvalue weighted by Crippen LogP contribution is 2.48. The van der Waals surface area contributed by atoms with Crippen molar-refractivity contribution >= 4 is 161 Å². The molecular formula is C122H82N10. The summed E-state index contributed by atoms with van der Waals surface area (Å²) in [5.74, 6) is 0. The standard InChI is InChI=1S/C62H40N6.C60H42N4/c1-64-46-26-34-52(35-27-46)66(54-37-39-62-58(41-54)56-17-9-11-19-60(56)68(62)48-14-6-3-7-15-48)51-32-24-45(25-33-51)44-22-30-50(31-23-44)65(49-28-20-43(42-63)21-29-49)53-36-38-61-57(40-53)55-16-8-10-18-59(55)67(61)47-12-4-2-5-13-47;1-5-17-45(18-6-1)61(51-37-39-59-55(41-51)53-25-13-15-27-57(53)63(59)47-21-9-3-10-22-47)49-33-29-43(30-34-49)44-31-35-50(36-32-44)62(46-19-7-2-8-20-46)52-38-40-60-56(42-52)54-26-14-16-28-58(54)64(60)48-23-11-4-12-24-48/h2-41H;1-42H. The minimum absolute atomic E-state index is 0.600. The maximum Gasteiger partial charge on any atom is 0.187 e. The van der Waals surface area contributed by atoms with Gasteiger partial charge in [-0.05, 0) is 277 Å². The summed E-state index contributed by atoms with van der Waals surface area (Å²) in [5, 5.41) is 19.3. The Hall–Kier alpha value is -18.2. The van der Waals surface area contributed by atoms with Gasteiger partial charge in [0.05, 0.1) is 62.3 Å². The predicted octanol–water partition coefficient (Wildman–Crippen LogP) is 33.4. The average Bonchev–Trinajstić information content (AvgIpc) is 1.61. The molecule has 0 unspecified atom stereocenters. The number of benzene rings is 20. The third-order valence-electron chi connectivity index (χ3n) is 25.4. The summed E-state index contributed by atoms with van der Waals surface area (Å²) >= 11 is 0. The van der Waals surface area contributed by atoms with Crippen LogP contribution in [-0.2, 0) is 0 Å². The van der Waals surface area contributed by atoms with Gasteiger partial charge in [0.15, 0.2) is 5.69 Å². The molecule has 0 aliphatic heterocycles. The number of para-hydroxylation sites is 10. The summed E-state index contributed by atoms with van der Waals surface area (Å²) in [6.45, 7) is 7.61. The molecule has 24 aromatic rings. The molecule has 20 aromatic carbocycles. The van der Waals surface area contributed by atoms with Crippen molar-refractivity contribution < 1.29 is 0 Å². The van der Waals surface area contributed by atoms with Crippen LogP contribution in [0.5, 0.6) is 0 Å². The Balaban J connectivity index is 0.000000150. The van der Waals surface area contributed by atoms with Gasteiger partial charge in [-0.3, -0.25) is 0 Å². The van der Waals surface area contributed by atoms with Gasteiger partial charge in [-0.25, -0.2) is 4.85 Å². The lowest BCUT2D eigenvalue weighted by Crippen LogP contribution is -2.10. The van der Waals surface area contributed by atoms with Crippen LogP contribution in [-0.4, -0.2) is 18.3 Å². The van der Waals surface area contributed by atoms with Crippen molar-refractivity contribution in [2.45, 2.75) is 0 Å². The molecule has 0 N–H and O–H groups in total. The quantitative estimate of drug-likeness (QED) is 0.0801. The van der Waals surface area contributed by atoms with Crippen molar-refractivity contribution in [1.82, 2.24) is 18.3 Å². The number of hydrogen-bond acceptors (Lipinski definition) is 5. The van der Waals surface area contributed by atoms with Gasteiger partial charge in [0.25, 0.3) is 0 Å². The Morgan fingerprint density at radius 2 is 0.371 bits per heavy atom. The molecule has 10 heteroatoms. The molecule has 0 radical (unpaired) electrons.